The van der Waals surface area contributed by atoms with Gasteiger partial charge in [0, 0.05) is 7.05 Å². The molecule has 1 amide bonds. The molecule has 0 saturated carbocycles. The molecule has 0 saturated heterocycles. The minimum atomic E-state index is -1.02. The summed E-state index contributed by atoms with van der Waals surface area (Å²) < 4.78 is 5.65. The average Bonchev–Trinajstić information content (AvgIpc) is 2.98. The predicted octanol–water partition coefficient (Wildman–Crippen LogP) is 2.91. The summed E-state index contributed by atoms with van der Waals surface area (Å²) in [5.41, 5.74) is 1.04. The van der Waals surface area contributed by atoms with Gasteiger partial charge in [-0.3, -0.25) is 4.79 Å². The second-order valence-corrected chi connectivity index (χ2v) is 5.89. The van der Waals surface area contributed by atoms with Gasteiger partial charge in [0.15, 0.2) is 0 Å². The van der Waals surface area contributed by atoms with Crippen LogP contribution in [0.15, 0.2) is 36.4 Å². The van der Waals surface area contributed by atoms with E-state index in [9.17, 15) is 9.59 Å². The van der Waals surface area contributed by atoms with E-state index in [2.05, 4.69) is 0 Å². The number of aryl methyl sites for hydroxylation is 1. The molecule has 2 rings (SSSR count). The molecule has 0 aliphatic carbocycles. The zero-order valence-corrected chi connectivity index (χ0v) is 13.2. The highest BCUT2D eigenvalue weighted by molar-refractivity contribution is 7.15. The SMILES string of the molecule is Cc1ccccc1OCCN(C)C(=O)c1ccc(C(=O)O)s1. The van der Waals surface area contributed by atoms with Gasteiger partial charge < -0.3 is 14.7 Å². The van der Waals surface area contributed by atoms with Crippen LogP contribution in [0.25, 0.3) is 0 Å². The largest absolute Gasteiger partial charge is 0.491 e. The normalized spacial score (nSPS) is 10.3. The van der Waals surface area contributed by atoms with Crippen molar-refractivity contribution in [1.82, 2.24) is 4.90 Å². The Kier molecular flexibility index (Phi) is 5.16. The fourth-order valence-electron chi connectivity index (χ4n) is 1.87. The maximum Gasteiger partial charge on any atom is 0.345 e. The third-order valence-electron chi connectivity index (χ3n) is 3.15. The molecule has 6 heteroatoms. The van der Waals surface area contributed by atoms with E-state index in [0.29, 0.717) is 18.0 Å². The van der Waals surface area contributed by atoms with Gasteiger partial charge in [0.05, 0.1) is 11.4 Å². The maximum absolute atomic E-state index is 12.2. The fraction of sp³-hybridized carbons (Fsp3) is 0.250. The molecule has 1 N–H and O–H groups in total. The standard InChI is InChI=1S/C16H17NO4S/c1-11-5-3-4-6-12(11)21-10-9-17(2)15(18)13-7-8-14(22-13)16(19)20/h3-8H,9-10H2,1-2H3,(H,19,20). The van der Waals surface area contributed by atoms with Crippen molar-refractivity contribution in [3.05, 3.63) is 51.7 Å². The first kappa shape index (κ1) is 16.0. The third kappa shape index (κ3) is 3.85. The number of carboxylic acid groups (broad SMARTS) is 1. The van der Waals surface area contributed by atoms with E-state index in [1.165, 1.54) is 17.0 Å². The van der Waals surface area contributed by atoms with Gasteiger partial charge in [0.2, 0.25) is 0 Å². The zero-order chi connectivity index (χ0) is 16.1. The number of hydrogen-bond donors (Lipinski definition) is 1. The van der Waals surface area contributed by atoms with Crippen molar-refractivity contribution in [1.29, 1.82) is 0 Å². The van der Waals surface area contributed by atoms with Crippen LogP contribution in [0.2, 0.25) is 0 Å². The van der Waals surface area contributed by atoms with Crippen LogP contribution >= 0.6 is 11.3 Å². The van der Waals surface area contributed by atoms with Crippen molar-refractivity contribution >= 4 is 23.2 Å². The topological polar surface area (TPSA) is 66.8 Å². The Bertz CT molecular complexity index is 680. The highest BCUT2D eigenvalue weighted by atomic mass is 32.1. The quantitative estimate of drug-likeness (QED) is 0.889. The molecule has 0 fully saturated rings. The Balaban J connectivity index is 1.88. The van der Waals surface area contributed by atoms with E-state index >= 15 is 0 Å². The molecule has 0 aliphatic heterocycles. The first-order valence-corrected chi connectivity index (χ1v) is 7.57. The van der Waals surface area contributed by atoms with Gasteiger partial charge in [-0.1, -0.05) is 18.2 Å². The Labute approximate surface area is 132 Å². The highest BCUT2D eigenvalue weighted by Gasteiger charge is 2.16. The van der Waals surface area contributed by atoms with Crippen molar-refractivity contribution in [3.8, 4) is 5.75 Å². The summed E-state index contributed by atoms with van der Waals surface area (Å²) in [5, 5.41) is 8.88. The minimum absolute atomic E-state index is 0.160. The fourth-order valence-corrected chi connectivity index (χ4v) is 2.71. The Morgan fingerprint density at radius 1 is 1.18 bits per heavy atom. The summed E-state index contributed by atoms with van der Waals surface area (Å²) >= 11 is 0.978. The first-order chi connectivity index (χ1) is 10.5. The summed E-state index contributed by atoms with van der Waals surface area (Å²) in [5.74, 6) is -0.423. The van der Waals surface area contributed by atoms with Crippen molar-refractivity contribution in [2.75, 3.05) is 20.2 Å². The molecular formula is C16H17NO4S. The summed E-state index contributed by atoms with van der Waals surface area (Å²) in [6.07, 6.45) is 0. The average molecular weight is 319 g/mol. The number of likely N-dealkylation sites (N-methyl/N-ethyl adjacent to an activating group) is 1. The summed E-state index contributed by atoms with van der Waals surface area (Å²) in [6, 6.07) is 10.7. The van der Waals surface area contributed by atoms with Crippen LogP contribution in [0.3, 0.4) is 0 Å². The lowest BCUT2D eigenvalue weighted by Crippen LogP contribution is -2.30. The van der Waals surface area contributed by atoms with Crippen LogP contribution in [-0.2, 0) is 0 Å². The number of ether oxygens (including phenoxy) is 1. The summed E-state index contributed by atoms with van der Waals surface area (Å²) in [6.45, 7) is 2.76. The van der Waals surface area contributed by atoms with E-state index in [0.717, 1.165) is 22.6 Å². The monoisotopic (exact) mass is 319 g/mol. The van der Waals surface area contributed by atoms with Gasteiger partial charge in [-0.2, -0.15) is 0 Å². The van der Waals surface area contributed by atoms with E-state index in [1.54, 1.807) is 7.05 Å². The van der Waals surface area contributed by atoms with E-state index in [-0.39, 0.29) is 10.8 Å². The molecule has 0 atom stereocenters. The molecule has 0 radical (unpaired) electrons. The lowest BCUT2D eigenvalue weighted by atomic mass is 10.2. The number of thiophene rings is 1. The molecule has 1 heterocycles. The maximum atomic E-state index is 12.2. The lowest BCUT2D eigenvalue weighted by molar-refractivity contribution is 0.0701. The minimum Gasteiger partial charge on any atom is -0.491 e. The van der Waals surface area contributed by atoms with Crippen LogP contribution in [-0.4, -0.2) is 42.1 Å². The molecule has 2 aromatic rings. The van der Waals surface area contributed by atoms with Crippen LogP contribution in [0, 0.1) is 6.92 Å². The zero-order valence-electron chi connectivity index (χ0n) is 12.4. The number of carbonyl (C=O) groups excluding carboxylic acids is 1. The number of nitrogens with zero attached hydrogens (tertiary/aromatic N) is 1. The van der Waals surface area contributed by atoms with Crippen LogP contribution in [0.5, 0.6) is 5.75 Å². The molecule has 0 aliphatic rings. The molecule has 0 bridgehead atoms. The lowest BCUT2D eigenvalue weighted by Gasteiger charge is -2.17. The second kappa shape index (κ2) is 7.09. The summed E-state index contributed by atoms with van der Waals surface area (Å²) in [7, 11) is 1.67. The van der Waals surface area contributed by atoms with Gasteiger partial charge >= 0.3 is 5.97 Å². The van der Waals surface area contributed by atoms with E-state index < -0.39 is 5.97 Å². The number of carbonyl (C=O) groups is 2. The smallest absolute Gasteiger partial charge is 0.345 e. The number of amides is 1. The van der Waals surface area contributed by atoms with Gasteiger partial charge in [0.25, 0.3) is 5.91 Å². The number of para-hydroxylation sites is 1. The molecule has 0 unspecified atom stereocenters. The Morgan fingerprint density at radius 2 is 1.86 bits per heavy atom. The van der Waals surface area contributed by atoms with E-state index in [1.807, 2.05) is 31.2 Å². The molecular weight excluding hydrogens is 302 g/mol. The molecule has 1 aromatic heterocycles. The van der Waals surface area contributed by atoms with Gasteiger partial charge in [0.1, 0.15) is 17.2 Å². The van der Waals surface area contributed by atoms with E-state index in [4.69, 9.17) is 9.84 Å². The van der Waals surface area contributed by atoms with Gasteiger partial charge in [-0.25, -0.2) is 4.79 Å². The van der Waals surface area contributed by atoms with Crippen molar-refractivity contribution < 1.29 is 19.4 Å². The van der Waals surface area contributed by atoms with Crippen LogP contribution < -0.4 is 4.74 Å². The van der Waals surface area contributed by atoms with Crippen molar-refractivity contribution in [2.45, 2.75) is 6.92 Å². The van der Waals surface area contributed by atoms with Gasteiger partial charge in [-0.05, 0) is 30.7 Å². The first-order valence-electron chi connectivity index (χ1n) is 6.76. The number of benzene rings is 1. The number of hydrogen-bond acceptors (Lipinski definition) is 4. The molecule has 5 nitrogen and oxygen atoms in total. The Morgan fingerprint density at radius 3 is 2.50 bits per heavy atom. The molecule has 1 aromatic carbocycles. The Hall–Kier alpha value is -2.34. The number of carboxylic acids is 1. The molecule has 0 spiro atoms. The van der Waals surface area contributed by atoms with Crippen molar-refractivity contribution in [2.24, 2.45) is 0 Å². The van der Waals surface area contributed by atoms with Gasteiger partial charge in [-0.15, -0.1) is 11.3 Å². The highest BCUT2D eigenvalue weighted by Crippen LogP contribution is 2.18. The molecule has 22 heavy (non-hydrogen) atoms. The van der Waals surface area contributed by atoms with Crippen LogP contribution in [0.1, 0.15) is 24.9 Å². The second-order valence-electron chi connectivity index (χ2n) is 4.81. The number of rotatable bonds is 6. The van der Waals surface area contributed by atoms with Crippen LogP contribution in [0.4, 0.5) is 0 Å². The van der Waals surface area contributed by atoms with Crippen molar-refractivity contribution in [3.63, 3.8) is 0 Å². The summed E-state index contributed by atoms with van der Waals surface area (Å²) in [4.78, 5) is 25.1. The predicted molar refractivity (Wildman–Crippen MR) is 84.9 cm³/mol. The third-order valence-corrected chi connectivity index (χ3v) is 4.21. The number of aromatic carboxylic acids is 1. The molecule has 116 valence electrons.